The second kappa shape index (κ2) is 7.87. The molecule has 8 heteroatoms. The van der Waals surface area contributed by atoms with Crippen molar-refractivity contribution in [2.45, 2.75) is 31.8 Å². The fourth-order valence-electron chi connectivity index (χ4n) is 3.59. The summed E-state index contributed by atoms with van der Waals surface area (Å²) in [7, 11) is 1.52. The number of nitrogens with one attached hydrogen (secondary N) is 2. The Morgan fingerprint density at radius 2 is 2.11 bits per heavy atom. The second-order valence-electron chi connectivity index (χ2n) is 7.07. The van der Waals surface area contributed by atoms with Crippen LogP contribution in [0.5, 0.6) is 0 Å². The van der Waals surface area contributed by atoms with Crippen LogP contribution < -0.4 is 15.5 Å². The van der Waals surface area contributed by atoms with E-state index in [1.165, 1.54) is 11.9 Å². The molecule has 2 aliphatic heterocycles. The monoisotopic (exact) mass is 372 g/mol. The molecule has 0 aromatic heterocycles. The van der Waals surface area contributed by atoms with E-state index < -0.39 is 17.9 Å². The van der Waals surface area contributed by atoms with Crippen molar-refractivity contribution in [2.24, 2.45) is 0 Å². The summed E-state index contributed by atoms with van der Waals surface area (Å²) in [6, 6.07) is 4.81. The number of benzene rings is 1. The summed E-state index contributed by atoms with van der Waals surface area (Å²) in [6.07, 6.45) is 1.13. The average molecular weight is 372 g/mol. The van der Waals surface area contributed by atoms with Gasteiger partial charge in [0.2, 0.25) is 11.8 Å². The minimum Gasteiger partial charge on any atom is -0.369 e. The third kappa shape index (κ3) is 4.00. The highest BCUT2D eigenvalue weighted by Crippen LogP contribution is 2.22. The fraction of sp³-hybridized carbons (Fsp3) is 0.474. The maximum atomic E-state index is 12.9. The van der Waals surface area contributed by atoms with Gasteiger partial charge < -0.3 is 15.1 Å². The van der Waals surface area contributed by atoms with Crippen LogP contribution in [0.3, 0.4) is 0 Å². The van der Waals surface area contributed by atoms with Gasteiger partial charge in [0.05, 0.1) is 5.56 Å². The molecule has 1 aromatic carbocycles. The first-order chi connectivity index (χ1) is 12.9. The number of piperidine rings is 1. The van der Waals surface area contributed by atoms with Crippen LogP contribution in [0, 0.1) is 0 Å². The van der Waals surface area contributed by atoms with Crippen LogP contribution in [-0.4, -0.2) is 67.7 Å². The molecule has 2 saturated heterocycles. The summed E-state index contributed by atoms with van der Waals surface area (Å²) in [5.41, 5.74) is 1.44. The van der Waals surface area contributed by atoms with E-state index >= 15 is 0 Å². The molecule has 2 atom stereocenters. The van der Waals surface area contributed by atoms with Crippen molar-refractivity contribution in [3.8, 4) is 0 Å². The lowest BCUT2D eigenvalue weighted by Crippen LogP contribution is -2.53. The number of hydrogen-bond donors (Lipinski definition) is 2. The summed E-state index contributed by atoms with van der Waals surface area (Å²) in [5.74, 6) is -1.23. The van der Waals surface area contributed by atoms with E-state index in [2.05, 4.69) is 22.5 Å². The number of rotatable bonds is 4. The molecule has 0 aliphatic carbocycles. The van der Waals surface area contributed by atoms with Crippen LogP contribution in [0.2, 0.25) is 0 Å². The van der Waals surface area contributed by atoms with Crippen LogP contribution in [0.15, 0.2) is 18.2 Å². The number of amides is 3. The topological polar surface area (TPSA) is 98.8 Å². The van der Waals surface area contributed by atoms with E-state index in [9.17, 15) is 19.2 Å². The van der Waals surface area contributed by atoms with E-state index in [1.807, 2.05) is 6.07 Å². The lowest BCUT2D eigenvalue weighted by atomic mass is 10.0. The number of piperazine rings is 1. The third-order valence-electron chi connectivity index (χ3n) is 5.12. The lowest BCUT2D eigenvalue weighted by Gasteiger charge is -2.34. The quantitative estimate of drug-likeness (QED) is 0.578. The molecule has 27 heavy (non-hydrogen) atoms. The molecule has 144 valence electrons. The van der Waals surface area contributed by atoms with Crippen molar-refractivity contribution in [1.29, 1.82) is 0 Å². The predicted octanol–water partition coefficient (Wildman–Crippen LogP) is 0.174. The van der Waals surface area contributed by atoms with E-state index in [0.717, 1.165) is 25.3 Å². The molecule has 0 bridgehead atoms. The van der Waals surface area contributed by atoms with Crippen molar-refractivity contribution in [3.05, 3.63) is 29.3 Å². The standard InChI is InChI=1S/C19H24N4O4/c1-12-10-23(8-7-20-12)14-3-4-15(13(9-14)11-24)19(27)22(2)16-5-6-17(25)21-18(16)26/h3-4,9,11-12,16,20H,5-8,10H2,1-2H3,(H,21,25,26). The number of carbonyl (C=O) groups excluding carboxylic acids is 4. The SMILES string of the molecule is CC1CN(c2ccc(C(=O)N(C)C3CCC(=O)NC3=O)c(C=O)c2)CCN1. The first kappa shape index (κ1) is 19.0. The second-order valence-corrected chi connectivity index (χ2v) is 7.07. The van der Waals surface area contributed by atoms with Gasteiger partial charge in [-0.2, -0.15) is 0 Å². The zero-order valence-electron chi connectivity index (χ0n) is 15.5. The molecule has 2 heterocycles. The van der Waals surface area contributed by atoms with Gasteiger partial charge in [0.15, 0.2) is 6.29 Å². The maximum absolute atomic E-state index is 12.9. The molecular weight excluding hydrogens is 348 g/mol. The van der Waals surface area contributed by atoms with Crippen molar-refractivity contribution in [1.82, 2.24) is 15.5 Å². The molecule has 0 spiro atoms. The molecule has 2 unspecified atom stereocenters. The Hall–Kier alpha value is -2.74. The van der Waals surface area contributed by atoms with Gasteiger partial charge in [-0.3, -0.25) is 24.5 Å². The van der Waals surface area contributed by atoms with Gasteiger partial charge >= 0.3 is 0 Å². The molecule has 2 N–H and O–H groups in total. The number of aldehydes is 1. The number of nitrogens with zero attached hydrogens (tertiary/aromatic N) is 2. The average Bonchev–Trinajstić information content (AvgIpc) is 2.66. The minimum atomic E-state index is -0.719. The van der Waals surface area contributed by atoms with Crippen LogP contribution in [-0.2, 0) is 9.59 Å². The third-order valence-corrected chi connectivity index (χ3v) is 5.12. The zero-order chi connectivity index (χ0) is 19.6. The first-order valence-electron chi connectivity index (χ1n) is 9.09. The Labute approximate surface area is 157 Å². The molecule has 1 aromatic rings. The Morgan fingerprint density at radius 3 is 2.78 bits per heavy atom. The summed E-state index contributed by atoms with van der Waals surface area (Å²) in [4.78, 5) is 51.3. The Morgan fingerprint density at radius 1 is 1.33 bits per heavy atom. The van der Waals surface area contributed by atoms with Gasteiger partial charge in [-0.1, -0.05) is 0 Å². The predicted molar refractivity (Wildman–Crippen MR) is 99.8 cm³/mol. The smallest absolute Gasteiger partial charge is 0.255 e. The van der Waals surface area contributed by atoms with Gasteiger partial charge in [-0.05, 0) is 31.5 Å². The summed E-state index contributed by atoms with van der Waals surface area (Å²) >= 11 is 0. The Bertz CT molecular complexity index is 779. The molecule has 2 aliphatic rings. The first-order valence-corrected chi connectivity index (χ1v) is 9.09. The van der Waals surface area contributed by atoms with Crippen molar-refractivity contribution in [2.75, 3.05) is 31.6 Å². The number of imide groups is 1. The molecule has 0 saturated carbocycles. The summed E-state index contributed by atoms with van der Waals surface area (Å²) in [6.45, 7) is 4.60. The van der Waals surface area contributed by atoms with E-state index in [-0.39, 0.29) is 24.3 Å². The van der Waals surface area contributed by atoms with Gasteiger partial charge in [-0.25, -0.2) is 0 Å². The normalized spacial score (nSPS) is 23.0. The molecule has 3 amide bonds. The van der Waals surface area contributed by atoms with Gasteiger partial charge in [-0.15, -0.1) is 0 Å². The summed E-state index contributed by atoms with van der Waals surface area (Å²) in [5, 5.41) is 5.61. The molecular formula is C19H24N4O4. The number of carbonyl (C=O) groups is 4. The fourth-order valence-corrected chi connectivity index (χ4v) is 3.59. The lowest BCUT2D eigenvalue weighted by molar-refractivity contribution is -0.136. The Balaban J connectivity index is 1.81. The molecule has 3 rings (SSSR count). The van der Waals surface area contributed by atoms with Gasteiger partial charge in [0.25, 0.3) is 5.91 Å². The highest BCUT2D eigenvalue weighted by molar-refractivity contribution is 6.06. The van der Waals surface area contributed by atoms with Crippen molar-refractivity contribution < 1.29 is 19.2 Å². The van der Waals surface area contributed by atoms with Crippen molar-refractivity contribution in [3.63, 3.8) is 0 Å². The molecule has 8 nitrogen and oxygen atoms in total. The number of likely N-dealkylation sites (N-methyl/N-ethyl adjacent to an activating group) is 1. The van der Waals surface area contributed by atoms with Crippen molar-refractivity contribution >= 4 is 29.7 Å². The highest BCUT2D eigenvalue weighted by Gasteiger charge is 2.33. The number of anilines is 1. The van der Waals surface area contributed by atoms with Crippen LogP contribution >= 0.6 is 0 Å². The van der Waals surface area contributed by atoms with E-state index in [1.54, 1.807) is 12.1 Å². The highest BCUT2D eigenvalue weighted by atomic mass is 16.2. The van der Waals surface area contributed by atoms with Crippen LogP contribution in [0.1, 0.15) is 40.5 Å². The largest absolute Gasteiger partial charge is 0.369 e. The molecule has 0 radical (unpaired) electrons. The maximum Gasteiger partial charge on any atom is 0.255 e. The zero-order valence-corrected chi connectivity index (χ0v) is 15.5. The molecule has 2 fully saturated rings. The number of hydrogen-bond acceptors (Lipinski definition) is 6. The van der Waals surface area contributed by atoms with Crippen LogP contribution in [0.4, 0.5) is 5.69 Å². The van der Waals surface area contributed by atoms with Gasteiger partial charge in [0, 0.05) is 50.4 Å². The van der Waals surface area contributed by atoms with Crippen LogP contribution in [0.25, 0.3) is 0 Å². The van der Waals surface area contributed by atoms with E-state index in [4.69, 9.17) is 0 Å². The van der Waals surface area contributed by atoms with Gasteiger partial charge in [0.1, 0.15) is 6.04 Å². The van der Waals surface area contributed by atoms with E-state index in [0.29, 0.717) is 17.9 Å². The summed E-state index contributed by atoms with van der Waals surface area (Å²) < 4.78 is 0. The minimum absolute atomic E-state index is 0.189. The Kier molecular flexibility index (Phi) is 5.55.